The molecule has 0 aliphatic rings. The summed E-state index contributed by atoms with van der Waals surface area (Å²) in [5.74, 6) is -0.0926. The fourth-order valence-corrected chi connectivity index (χ4v) is 1.61. The molecule has 4 heteroatoms. The number of likely N-dealkylation sites (N-methyl/N-ethyl adjacent to an activating group) is 1. The van der Waals surface area contributed by atoms with Crippen LogP contribution in [0.5, 0.6) is 0 Å². The molecule has 3 nitrogen and oxygen atoms in total. The highest BCUT2D eigenvalue weighted by atomic mass is 32.1. The van der Waals surface area contributed by atoms with E-state index in [-0.39, 0.29) is 18.6 Å². The molecule has 0 aromatic carbocycles. The average molecular weight is 225 g/mol. The lowest BCUT2D eigenvalue weighted by Gasteiger charge is -2.21. The number of aliphatic hydroxyl groups excluding tert-OH is 1. The first-order chi connectivity index (χ1) is 7.15. The van der Waals surface area contributed by atoms with Crippen LogP contribution in [0.4, 0.5) is 0 Å². The van der Waals surface area contributed by atoms with Crippen LogP contribution in [0.15, 0.2) is 23.6 Å². The number of hydrogen-bond acceptors (Lipinski definition) is 3. The summed E-state index contributed by atoms with van der Waals surface area (Å²) in [7, 11) is 1.68. The molecule has 1 rings (SSSR count). The van der Waals surface area contributed by atoms with Crippen molar-refractivity contribution in [3.05, 3.63) is 28.5 Å². The normalized spacial score (nSPS) is 13.0. The molecule has 0 bridgehead atoms. The summed E-state index contributed by atoms with van der Waals surface area (Å²) in [5.41, 5.74) is 0. The Hall–Kier alpha value is -1.13. The lowest BCUT2D eigenvalue weighted by molar-refractivity contribution is -0.127. The number of amides is 1. The van der Waals surface area contributed by atoms with E-state index in [0.29, 0.717) is 0 Å². The topological polar surface area (TPSA) is 40.5 Å². The standard InChI is InChI=1S/C11H15NO2S/c1-9(8-13)12(2)11(14)6-5-10-4-3-7-15-10/h3-7,9,13H,8H2,1-2H3/b6-5+. The first-order valence-electron chi connectivity index (χ1n) is 4.74. The van der Waals surface area contributed by atoms with Gasteiger partial charge in [0.25, 0.3) is 0 Å². The smallest absolute Gasteiger partial charge is 0.246 e. The van der Waals surface area contributed by atoms with Crippen LogP contribution in [0.25, 0.3) is 6.08 Å². The number of carbonyl (C=O) groups is 1. The number of carbonyl (C=O) groups excluding carboxylic acids is 1. The molecule has 82 valence electrons. The molecule has 1 amide bonds. The number of thiophene rings is 1. The first-order valence-corrected chi connectivity index (χ1v) is 5.62. The third-order valence-electron chi connectivity index (χ3n) is 2.21. The Labute approximate surface area is 93.7 Å². The van der Waals surface area contributed by atoms with Gasteiger partial charge in [-0.2, -0.15) is 0 Å². The molecule has 1 heterocycles. The van der Waals surface area contributed by atoms with Crippen LogP contribution < -0.4 is 0 Å². The Morgan fingerprint density at radius 1 is 1.73 bits per heavy atom. The van der Waals surface area contributed by atoms with Gasteiger partial charge in [0.05, 0.1) is 12.6 Å². The summed E-state index contributed by atoms with van der Waals surface area (Å²) < 4.78 is 0. The maximum absolute atomic E-state index is 11.6. The van der Waals surface area contributed by atoms with Crippen molar-refractivity contribution in [3.63, 3.8) is 0 Å². The molecule has 1 aromatic rings. The number of nitrogens with zero attached hydrogens (tertiary/aromatic N) is 1. The highest BCUT2D eigenvalue weighted by Crippen LogP contribution is 2.10. The number of rotatable bonds is 4. The van der Waals surface area contributed by atoms with Gasteiger partial charge < -0.3 is 10.0 Å². The molecule has 1 N–H and O–H groups in total. The van der Waals surface area contributed by atoms with Crippen molar-refractivity contribution < 1.29 is 9.90 Å². The van der Waals surface area contributed by atoms with Crippen molar-refractivity contribution in [1.29, 1.82) is 0 Å². The maximum Gasteiger partial charge on any atom is 0.246 e. The maximum atomic E-state index is 11.6. The van der Waals surface area contributed by atoms with Crippen LogP contribution in [0.2, 0.25) is 0 Å². The zero-order chi connectivity index (χ0) is 11.3. The van der Waals surface area contributed by atoms with E-state index in [1.54, 1.807) is 31.4 Å². The molecule has 1 aromatic heterocycles. The van der Waals surface area contributed by atoms with Gasteiger partial charge in [-0.3, -0.25) is 4.79 Å². The van der Waals surface area contributed by atoms with Crippen LogP contribution in [-0.2, 0) is 4.79 Å². The highest BCUT2D eigenvalue weighted by Gasteiger charge is 2.11. The van der Waals surface area contributed by atoms with Gasteiger partial charge in [-0.15, -0.1) is 11.3 Å². The molecule has 0 saturated carbocycles. The van der Waals surface area contributed by atoms with E-state index in [0.717, 1.165) is 4.88 Å². The van der Waals surface area contributed by atoms with Crippen molar-refractivity contribution in [1.82, 2.24) is 4.90 Å². The fourth-order valence-electron chi connectivity index (χ4n) is 0.997. The summed E-state index contributed by atoms with van der Waals surface area (Å²) in [5, 5.41) is 10.9. The van der Waals surface area contributed by atoms with Gasteiger partial charge in [-0.05, 0) is 24.4 Å². The van der Waals surface area contributed by atoms with Crippen molar-refractivity contribution in [3.8, 4) is 0 Å². The van der Waals surface area contributed by atoms with Crippen LogP contribution >= 0.6 is 11.3 Å². The van der Waals surface area contributed by atoms with Gasteiger partial charge in [-0.1, -0.05) is 6.07 Å². The second kappa shape index (κ2) is 5.68. The Balaban J connectivity index is 2.55. The van der Waals surface area contributed by atoms with E-state index in [1.807, 2.05) is 17.5 Å². The minimum atomic E-state index is -0.148. The summed E-state index contributed by atoms with van der Waals surface area (Å²) in [6.45, 7) is 1.78. The summed E-state index contributed by atoms with van der Waals surface area (Å²) in [4.78, 5) is 14.1. The van der Waals surface area contributed by atoms with E-state index in [2.05, 4.69) is 0 Å². The Kier molecular flexibility index (Phi) is 4.52. The van der Waals surface area contributed by atoms with E-state index in [1.165, 1.54) is 11.0 Å². The molecule has 0 spiro atoms. The van der Waals surface area contributed by atoms with Crippen molar-refractivity contribution in [2.75, 3.05) is 13.7 Å². The van der Waals surface area contributed by atoms with Crippen LogP contribution in [0.3, 0.4) is 0 Å². The molecule has 0 saturated heterocycles. The van der Waals surface area contributed by atoms with Gasteiger partial charge >= 0.3 is 0 Å². The quantitative estimate of drug-likeness (QED) is 0.791. The molecular formula is C11H15NO2S. The molecule has 1 atom stereocenters. The summed E-state index contributed by atoms with van der Waals surface area (Å²) in [6, 6.07) is 3.74. The monoisotopic (exact) mass is 225 g/mol. The van der Waals surface area contributed by atoms with Crippen molar-refractivity contribution in [2.24, 2.45) is 0 Å². The second-order valence-electron chi connectivity index (χ2n) is 3.33. The van der Waals surface area contributed by atoms with Gasteiger partial charge in [0, 0.05) is 18.0 Å². The van der Waals surface area contributed by atoms with Gasteiger partial charge in [0.15, 0.2) is 0 Å². The van der Waals surface area contributed by atoms with E-state index in [4.69, 9.17) is 5.11 Å². The molecular weight excluding hydrogens is 210 g/mol. The third kappa shape index (κ3) is 3.49. The van der Waals surface area contributed by atoms with Crippen LogP contribution in [0.1, 0.15) is 11.8 Å². The predicted octanol–water partition coefficient (Wildman–Crippen LogP) is 1.60. The molecule has 0 aliphatic carbocycles. The third-order valence-corrected chi connectivity index (χ3v) is 3.04. The minimum Gasteiger partial charge on any atom is -0.394 e. The lowest BCUT2D eigenvalue weighted by Crippen LogP contribution is -2.36. The fraction of sp³-hybridized carbons (Fsp3) is 0.364. The SMILES string of the molecule is CC(CO)N(C)C(=O)/C=C/c1cccs1. The van der Waals surface area contributed by atoms with Crippen molar-refractivity contribution >= 4 is 23.3 Å². The second-order valence-corrected chi connectivity index (χ2v) is 4.31. The predicted molar refractivity (Wildman–Crippen MR) is 62.7 cm³/mol. The molecule has 1 unspecified atom stereocenters. The van der Waals surface area contributed by atoms with E-state index >= 15 is 0 Å². The minimum absolute atomic E-state index is 0.0188. The Morgan fingerprint density at radius 3 is 3.00 bits per heavy atom. The van der Waals surface area contributed by atoms with E-state index < -0.39 is 0 Å². The van der Waals surface area contributed by atoms with Gasteiger partial charge in [-0.25, -0.2) is 0 Å². The highest BCUT2D eigenvalue weighted by molar-refractivity contribution is 7.10. The zero-order valence-electron chi connectivity index (χ0n) is 8.88. The summed E-state index contributed by atoms with van der Waals surface area (Å²) in [6.07, 6.45) is 3.31. The average Bonchev–Trinajstić information content (AvgIpc) is 2.76. The van der Waals surface area contributed by atoms with Gasteiger partial charge in [0.1, 0.15) is 0 Å². The lowest BCUT2D eigenvalue weighted by atomic mass is 10.3. The number of hydrogen-bond donors (Lipinski definition) is 1. The van der Waals surface area contributed by atoms with Gasteiger partial charge in [0.2, 0.25) is 5.91 Å². The molecule has 0 radical (unpaired) electrons. The molecule has 0 fully saturated rings. The zero-order valence-corrected chi connectivity index (χ0v) is 9.70. The van der Waals surface area contributed by atoms with E-state index in [9.17, 15) is 4.79 Å². The Morgan fingerprint density at radius 2 is 2.47 bits per heavy atom. The Bertz CT molecular complexity index is 332. The van der Waals surface area contributed by atoms with Crippen LogP contribution in [-0.4, -0.2) is 35.6 Å². The molecule has 0 aliphatic heterocycles. The number of aliphatic hydroxyl groups is 1. The summed E-state index contributed by atoms with van der Waals surface area (Å²) >= 11 is 1.58. The van der Waals surface area contributed by atoms with Crippen molar-refractivity contribution in [2.45, 2.75) is 13.0 Å². The first kappa shape index (κ1) is 11.9. The van der Waals surface area contributed by atoms with Crippen LogP contribution in [0, 0.1) is 0 Å². The molecule has 15 heavy (non-hydrogen) atoms. The largest absolute Gasteiger partial charge is 0.394 e.